The van der Waals surface area contributed by atoms with Crippen LogP contribution in [0.15, 0.2) is 0 Å². The first-order valence-corrected chi connectivity index (χ1v) is 4.89. The molecule has 4 heteroatoms. The molecule has 2 heterocycles. The summed E-state index contributed by atoms with van der Waals surface area (Å²) < 4.78 is 7.46. The van der Waals surface area contributed by atoms with E-state index in [1.165, 1.54) is 12.8 Å². The van der Waals surface area contributed by atoms with Crippen molar-refractivity contribution in [2.24, 2.45) is 5.41 Å². The quantitative estimate of drug-likeness (QED) is 0.627. The zero-order valence-corrected chi connectivity index (χ0v) is 8.12. The predicted molar refractivity (Wildman–Crippen MR) is 49.5 cm³/mol. The van der Waals surface area contributed by atoms with Crippen LogP contribution in [-0.2, 0) is 6.54 Å². The zero-order valence-electron chi connectivity index (χ0n) is 8.12. The van der Waals surface area contributed by atoms with E-state index in [4.69, 9.17) is 4.74 Å². The lowest BCUT2D eigenvalue weighted by molar-refractivity contribution is 0.110. The standard InChI is InChI=1S/C10H12N2O2/c1-7-8(4-13)9-12(11-7)5-10(2-3-10)6-14-9/h4H,2-3,5-6H2,1H3. The second-order valence-corrected chi connectivity index (χ2v) is 4.37. The normalized spacial score (nSPS) is 21.5. The van der Waals surface area contributed by atoms with E-state index in [-0.39, 0.29) is 0 Å². The molecule has 1 saturated carbocycles. The average Bonchev–Trinajstić information content (AvgIpc) is 2.81. The second kappa shape index (κ2) is 2.38. The number of aldehydes is 1. The fourth-order valence-electron chi connectivity index (χ4n) is 2.03. The van der Waals surface area contributed by atoms with E-state index >= 15 is 0 Å². The van der Waals surface area contributed by atoms with Gasteiger partial charge in [0.05, 0.1) is 24.4 Å². The SMILES string of the molecule is Cc1nn2c(c1C=O)OCC1(CC1)C2. The smallest absolute Gasteiger partial charge is 0.222 e. The second-order valence-electron chi connectivity index (χ2n) is 4.37. The molecule has 1 spiro atoms. The van der Waals surface area contributed by atoms with Crippen LogP contribution in [0, 0.1) is 12.3 Å². The van der Waals surface area contributed by atoms with Gasteiger partial charge in [-0.25, -0.2) is 4.68 Å². The highest BCUT2D eigenvalue weighted by Crippen LogP contribution is 2.50. The molecule has 1 aliphatic carbocycles. The van der Waals surface area contributed by atoms with Gasteiger partial charge in [0.1, 0.15) is 0 Å². The van der Waals surface area contributed by atoms with E-state index in [2.05, 4.69) is 5.10 Å². The van der Waals surface area contributed by atoms with Crippen molar-refractivity contribution >= 4 is 6.29 Å². The monoisotopic (exact) mass is 192 g/mol. The van der Waals surface area contributed by atoms with Crippen LogP contribution in [0.5, 0.6) is 5.88 Å². The van der Waals surface area contributed by atoms with Crippen molar-refractivity contribution in [3.8, 4) is 5.88 Å². The van der Waals surface area contributed by atoms with Crippen molar-refractivity contribution in [3.05, 3.63) is 11.3 Å². The first kappa shape index (κ1) is 8.03. The molecule has 0 unspecified atom stereocenters. The molecule has 0 aromatic carbocycles. The molecule has 3 rings (SSSR count). The number of rotatable bonds is 1. The predicted octanol–water partition coefficient (Wildman–Crippen LogP) is 1.18. The summed E-state index contributed by atoms with van der Waals surface area (Å²) in [6.45, 7) is 3.51. The van der Waals surface area contributed by atoms with Gasteiger partial charge in [0.15, 0.2) is 6.29 Å². The summed E-state index contributed by atoms with van der Waals surface area (Å²) in [7, 11) is 0. The molecule has 0 atom stereocenters. The highest BCUT2D eigenvalue weighted by molar-refractivity contribution is 5.80. The Labute approximate surface area is 81.9 Å². The number of carbonyl (C=O) groups excluding carboxylic acids is 1. The van der Waals surface area contributed by atoms with Crippen LogP contribution in [0.3, 0.4) is 0 Å². The van der Waals surface area contributed by atoms with Crippen molar-refractivity contribution in [1.82, 2.24) is 9.78 Å². The molecule has 1 aromatic heterocycles. The molecule has 0 bridgehead atoms. The number of nitrogens with zero attached hydrogens (tertiary/aromatic N) is 2. The van der Waals surface area contributed by atoms with E-state index in [1.54, 1.807) is 0 Å². The Hall–Kier alpha value is -1.32. The molecule has 1 aromatic rings. The lowest BCUT2D eigenvalue weighted by Crippen LogP contribution is -2.27. The minimum atomic E-state index is 0.339. The molecule has 0 saturated heterocycles. The molecule has 0 amide bonds. The van der Waals surface area contributed by atoms with Crippen LogP contribution >= 0.6 is 0 Å². The summed E-state index contributed by atoms with van der Waals surface area (Å²) in [4.78, 5) is 10.8. The number of hydrogen-bond donors (Lipinski definition) is 0. The Morgan fingerprint density at radius 2 is 2.36 bits per heavy atom. The van der Waals surface area contributed by atoms with E-state index in [0.717, 1.165) is 25.1 Å². The van der Waals surface area contributed by atoms with Gasteiger partial charge in [0.2, 0.25) is 5.88 Å². The molecule has 14 heavy (non-hydrogen) atoms. The maximum absolute atomic E-state index is 10.8. The molecule has 0 radical (unpaired) electrons. The first-order valence-electron chi connectivity index (χ1n) is 4.89. The largest absolute Gasteiger partial charge is 0.477 e. The van der Waals surface area contributed by atoms with E-state index in [9.17, 15) is 4.79 Å². The van der Waals surface area contributed by atoms with Crippen molar-refractivity contribution in [3.63, 3.8) is 0 Å². The summed E-state index contributed by atoms with van der Waals surface area (Å²) in [6, 6.07) is 0. The molecule has 1 fully saturated rings. The molecule has 1 aliphatic heterocycles. The van der Waals surface area contributed by atoms with Gasteiger partial charge in [-0.05, 0) is 19.8 Å². The van der Waals surface area contributed by atoms with Crippen LogP contribution < -0.4 is 4.74 Å². The third kappa shape index (κ3) is 0.937. The van der Waals surface area contributed by atoms with Crippen molar-refractivity contribution in [2.75, 3.05) is 6.61 Å². The number of aryl methyl sites for hydroxylation is 1. The zero-order chi connectivity index (χ0) is 9.76. The summed E-state index contributed by atoms with van der Waals surface area (Å²) >= 11 is 0. The van der Waals surface area contributed by atoms with Gasteiger partial charge < -0.3 is 4.74 Å². The Morgan fingerprint density at radius 3 is 3.00 bits per heavy atom. The van der Waals surface area contributed by atoms with Gasteiger partial charge in [-0.3, -0.25) is 4.79 Å². The highest BCUT2D eigenvalue weighted by Gasteiger charge is 2.47. The average molecular weight is 192 g/mol. The summed E-state index contributed by atoms with van der Waals surface area (Å²) in [5.41, 5.74) is 1.72. The van der Waals surface area contributed by atoms with Crippen LogP contribution in [0.1, 0.15) is 28.9 Å². The topological polar surface area (TPSA) is 44.1 Å². The van der Waals surface area contributed by atoms with E-state index < -0.39 is 0 Å². The summed E-state index contributed by atoms with van der Waals surface area (Å²) in [6.07, 6.45) is 3.28. The molecular formula is C10H12N2O2. The van der Waals surface area contributed by atoms with Gasteiger partial charge in [-0.2, -0.15) is 5.10 Å². The van der Waals surface area contributed by atoms with Crippen molar-refractivity contribution < 1.29 is 9.53 Å². The fraction of sp³-hybridized carbons (Fsp3) is 0.600. The van der Waals surface area contributed by atoms with Gasteiger partial charge >= 0.3 is 0 Å². The summed E-state index contributed by atoms with van der Waals surface area (Å²) in [5.74, 6) is 0.662. The van der Waals surface area contributed by atoms with Gasteiger partial charge in [-0.1, -0.05) is 0 Å². The fourth-order valence-corrected chi connectivity index (χ4v) is 2.03. The molecular weight excluding hydrogens is 180 g/mol. The Balaban J connectivity index is 2.06. The minimum Gasteiger partial charge on any atom is -0.477 e. The molecule has 74 valence electrons. The first-order chi connectivity index (χ1) is 6.74. The third-order valence-corrected chi connectivity index (χ3v) is 3.20. The lowest BCUT2D eigenvalue weighted by atomic mass is 10.1. The molecule has 4 nitrogen and oxygen atoms in total. The number of aromatic nitrogens is 2. The Bertz CT molecular complexity index is 404. The number of hydrogen-bond acceptors (Lipinski definition) is 3. The third-order valence-electron chi connectivity index (χ3n) is 3.20. The Morgan fingerprint density at radius 1 is 1.57 bits per heavy atom. The minimum absolute atomic E-state index is 0.339. The van der Waals surface area contributed by atoms with Crippen LogP contribution in [-0.4, -0.2) is 22.7 Å². The van der Waals surface area contributed by atoms with Crippen molar-refractivity contribution in [1.29, 1.82) is 0 Å². The maximum Gasteiger partial charge on any atom is 0.222 e. The van der Waals surface area contributed by atoms with Crippen LogP contribution in [0.2, 0.25) is 0 Å². The van der Waals surface area contributed by atoms with E-state index in [0.29, 0.717) is 16.9 Å². The van der Waals surface area contributed by atoms with Gasteiger partial charge in [-0.15, -0.1) is 0 Å². The van der Waals surface area contributed by atoms with Gasteiger partial charge in [0, 0.05) is 5.41 Å². The van der Waals surface area contributed by atoms with Gasteiger partial charge in [0.25, 0.3) is 0 Å². The van der Waals surface area contributed by atoms with E-state index in [1.807, 2.05) is 11.6 Å². The highest BCUT2D eigenvalue weighted by atomic mass is 16.5. The molecule has 2 aliphatic rings. The van der Waals surface area contributed by atoms with Crippen LogP contribution in [0.4, 0.5) is 0 Å². The van der Waals surface area contributed by atoms with Crippen molar-refractivity contribution in [2.45, 2.75) is 26.3 Å². The number of ether oxygens (including phenoxy) is 1. The number of carbonyl (C=O) groups is 1. The number of fused-ring (bicyclic) bond motifs is 1. The molecule has 0 N–H and O–H groups in total. The van der Waals surface area contributed by atoms with Crippen LogP contribution in [0.25, 0.3) is 0 Å². The Kier molecular flexibility index (Phi) is 1.36. The lowest BCUT2D eigenvalue weighted by Gasteiger charge is -2.23. The summed E-state index contributed by atoms with van der Waals surface area (Å²) in [5, 5.41) is 4.32. The maximum atomic E-state index is 10.8.